The standard InChI is InChI=1S/C19H20BrFN2O4/c1-3-9-14(23-19(25)17(9)21)8-27-15-5-4-13(20)10-6-12(18(22)24)16(26-2)7-11(10)15/h4-7,9,14,17H,3,8H2,1-2H3,(H2,22,24)(H,23,25)/t9-,14+,17-/m0/s1. The van der Waals surface area contributed by atoms with E-state index in [9.17, 15) is 14.0 Å². The molecule has 0 aromatic heterocycles. The fourth-order valence-electron chi connectivity index (χ4n) is 3.40. The number of amides is 2. The van der Waals surface area contributed by atoms with Crippen molar-refractivity contribution in [1.29, 1.82) is 0 Å². The lowest BCUT2D eigenvalue weighted by Gasteiger charge is -2.20. The van der Waals surface area contributed by atoms with Gasteiger partial charge in [-0.1, -0.05) is 22.9 Å². The number of hydrogen-bond acceptors (Lipinski definition) is 4. The van der Waals surface area contributed by atoms with Gasteiger partial charge in [-0.15, -0.1) is 0 Å². The average Bonchev–Trinajstić information content (AvgIpc) is 2.93. The van der Waals surface area contributed by atoms with Crippen LogP contribution in [-0.4, -0.2) is 37.7 Å². The van der Waals surface area contributed by atoms with Crippen molar-refractivity contribution in [2.75, 3.05) is 13.7 Å². The molecule has 2 aromatic rings. The van der Waals surface area contributed by atoms with Crippen LogP contribution in [-0.2, 0) is 4.79 Å². The van der Waals surface area contributed by atoms with E-state index in [1.807, 2.05) is 6.92 Å². The normalized spacial score (nSPS) is 21.9. The molecule has 3 atom stereocenters. The fraction of sp³-hybridized carbons (Fsp3) is 0.368. The molecule has 1 aliphatic rings. The summed E-state index contributed by atoms with van der Waals surface area (Å²) in [5, 5.41) is 4.09. The Balaban J connectivity index is 1.94. The second-order valence-electron chi connectivity index (χ2n) is 6.41. The lowest BCUT2D eigenvalue weighted by molar-refractivity contribution is -0.123. The Bertz CT molecular complexity index is 905. The van der Waals surface area contributed by atoms with Gasteiger partial charge in [0.15, 0.2) is 6.17 Å². The highest BCUT2D eigenvalue weighted by molar-refractivity contribution is 9.10. The zero-order chi connectivity index (χ0) is 19.7. The fourth-order valence-corrected chi connectivity index (χ4v) is 3.86. The average molecular weight is 439 g/mol. The second kappa shape index (κ2) is 7.72. The van der Waals surface area contributed by atoms with E-state index < -0.39 is 29.9 Å². The molecule has 1 fully saturated rings. The number of ether oxygens (including phenoxy) is 2. The van der Waals surface area contributed by atoms with E-state index in [-0.39, 0.29) is 12.2 Å². The predicted octanol–water partition coefficient (Wildman–Crippen LogP) is 2.95. The van der Waals surface area contributed by atoms with Crippen molar-refractivity contribution < 1.29 is 23.5 Å². The maximum absolute atomic E-state index is 13.9. The first-order valence-electron chi connectivity index (χ1n) is 8.54. The van der Waals surface area contributed by atoms with Crippen molar-refractivity contribution in [2.24, 2.45) is 11.7 Å². The number of methoxy groups -OCH3 is 1. The first kappa shape index (κ1) is 19.4. The highest BCUT2D eigenvalue weighted by atomic mass is 79.9. The first-order valence-corrected chi connectivity index (χ1v) is 9.34. The summed E-state index contributed by atoms with van der Waals surface area (Å²) in [7, 11) is 1.45. The third-order valence-electron chi connectivity index (χ3n) is 4.87. The van der Waals surface area contributed by atoms with E-state index in [4.69, 9.17) is 15.2 Å². The van der Waals surface area contributed by atoms with Crippen molar-refractivity contribution in [3.05, 3.63) is 34.3 Å². The van der Waals surface area contributed by atoms with Gasteiger partial charge in [-0.2, -0.15) is 0 Å². The molecule has 0 saturated carbocycles. The maximum Gasteiger partial charge on any atom is 0.255 e. The molecule has 0 spiro atoms. The third kappa shape index (κ3) is 3.58. The van der Waals surface area contributed by atoms with Crippen LogP contribution in [0.25, 0.3) is 10.8 Å². The minimum absolute atomic E-state index is 0.140. The Morgan fingerprint density at radius 1 is 1.30 bits per heavy atom. The van der Waals surface area contributed by atoms with Crippen molar-refractivity contribution >= 4 is 38.5 Å². The summed E-state index contributed by atoms with van der Waals surface area (Å²) in [6, 6.07) is 6.47. The largest absolute Gasteiger partial charge is 0.496 e. The van der Waals surface area contributed by atoms with Crippen molar-refractivity contribution in [3.63, 3.8) is 0 Å². The molecule has 8 heteroatoms. The highest BCUT2D eigenvalue weighted by Gasteiger charge is 2.41. The van der Waals surface area contributed by atoms with Crippen molar-refractivity contribution in [1.82, 2.24) is 5.32 Å². The molecule has 1 saturated heterocycles. The molecule has 1 heterocycles. The number of benzene rings is 2. The first-order chi connectivity index (χ1) is 12.9. The van der Waals surface area contributed by atoms with Gasteiger partial charge in [-0.05, 0) is 30.7 Å². The molecule has 0 bridgehead atoms. The van der Waals surface area contributed by atoms with Crippen LogP contribution >= 0.6 is 15.9 Å². The molecule has 144 valence electrons. The molecule has 2 amide bonds. The molecule has 3 N–H and O–H groups in total. The number of primary amides is 1. The minimum atomic E-state index is -1.51. The van der Waals surface area contributed by atoms with E-state index >= 15 is 0 Å². The quantitative estimate of drug-likeness (QED) is 0.725. The topological polar surface area (TPSA) is 90.6 Å². The van der Waals surface area contributed by atoms with E-state index in [1.165, 1.54) is 7.11 Å². The van der Waals surface area contributed by atoms with Crippen LogP contribution in [0.2, 0.25) is 0 Å². The Morgan fingerprint density at radius 3 is 2.67 bits per heavy atom. The number of fused-ring (bicyclic) bond motifs is 1. The van der Waals surface area contributed by atoms with E-state index in [0.29, 0.717) is 23.3 Å². The van der Waals surface area contributed by atoms with Gasteiger partial charge in [-0.3, -0.25) is 9.59 Å². The van der Waals surface area contributed by atoms with E-state index in [2.05, 4.69) is 21.2 Å². The summed E-state index contributed by atoms with van der Waals surface area (Å²) < 4.78 is 25.9. The van der Waals surface area contributed by atoms with Crippen LogP contribution in [0.4, 0.5) is 4.39 Å². The van der Waals surface area contributed by atoms with E-state index in [1.54, 1.807) is 24.3 Å². The van der Waals surface area contributed by atoms with Crippen LogP contribution in [0.5, 0.6) is 11.5 Å². The predicted molar refractivity (Wildman–Crippen MR) is 103 cm³/mol. The molecule has 0 unspecified atom stereocenters. The number of nitrogens with two attached hydrogens (primary N) is 1. The van der Waals surface area contributed by atoms with Gasteiger partial charge < -0.3 is 20.5 Å². The van der Waals surface area contributed by atoms with Gasteiger partial charge in [-0.25, -0.2) is 4.39 Å². The number of hydrogen-bond donors (Lipinski definition) is 2. The summed E-state index contributed by atoms with van der Waals surface area (Å²) in [5.74, 6) is -0.740. The highest BCUT2D eigenvalue weighted by Crippen LogP contribution is 2.37. The summed E-state index contributed by atoms with van der Waals surface area (Å²) in [6.07, 6.45) is -0.978. The lowest BCUT2D eigenvalue weighted by atomic mass is 9.97. The van der Waals surface area contributed by atoms with Crippen LogP contribution in [0, 0.1) is 5.92 Å². The van der Waals surface area contributed by atoms with Gasteiger partial charge in [0.25, 0.3) is 11.8 Å². The minimum Gasteiger partial charge on any atom is -0.496 e. The molecular weight excluding hydrogens is 419 g/mol. The van der Waals surface area contributed by atoms with E-state index in [0.717, 1.165) is 9.86 Å². The molecular formula is C19H20BrFN2O4. The molecule has 6 nitrogen and oxygen atoms in total. The Morgan fingerprint density at radius 2 is 2.04 bits per heavy atom. The molecule has 0 radical (unpaired) electrons. The van der Waals surface area contributed by atoms with Gasteiger partial charge in [0.05, 0.1) is 18.7 Å². The lowest BCUT2D eigenvalue weighted by Crippen LogP contribution is -2.34. The third-order valence-corrected chi connectivity index (χ3v) is 5.56. The molecule has 1 aliphatic heterocycles. The van der Waals surface area contributed by atoms with Crippen molar-refractivity contribution in [2.45, 2.75) is 25.6 Å². The SMILES string of the molecule is CC[C@@H]1[C@H](F)C(=O)N[C@@H]1COc1ccc(Br)c2cc(C(N)=O)c(OC)cc12. The maximum atomic E-state index is 13.9. The van der Waals surface area contributed by atoms with Crippen LogP contribution in [0.15, 0.2) is 28.7 Å². The number of rotatable bonds is 6. The van der Waals surface area contributed by atoms with Crippen LogP contribution in [0.3, 0.4) is 0 Å². The number of halogens is 2. The zero-order valence-electron chi connectivity index (χ0n) is 14.9. The second-order valence-corrected chi connectivity index (χ2v) is 7.26. The summed E-state index contributed by atoms with van der Waals surface area (Å²) >= 11 is 3.46. The summed E-state index contributed by atoms with van der Waals surface area (Å²) in [6.45, 7) is 1.98. The molecule has 0 aliphatic carbocycles. The Kier molecular flexibility index (Phi) is 5.55. The van der Waals surface area contributed by atoms with Crippen molar-refractivity contribution in [3.8, 4) is 11.5 Å². The summed E-state index contributed by atoms with van der Waals surface area (Å²) in [4.78, 5) is 23.3. The van der Waals surface area contributed by atoms with Gasteiger partial charge in [0, 0.05) is 21.2 Å². The number of alkyl halides is 1. The summed E-state index contributed by atoms with van der Waals surface area (Å²) in [5.41, 5.74) is 5.69. The van der Waals surface area contributed by atoms with Gasteiger partial charge >= 0.3 is 0 Å². The smallest absolute Gasteiger partial charge is 0.255 e. The molecule has 27 heavy (non-hydrogen) atoms. The molecule has 2 aromatic carbocycles. The molecule has 3 rings (SSSR count). The van der Waals surface area contributed by atoms with Crippen LogP contribution < -0.4 is 20.5 Å². The monoisotopic (exact) mass is 438 g/mol. The van der Waals surface area contributed by atoms with Gasteiger partial charge in [0.2, 0.25) is 0 Å². The van der Waals surface area contributed by atoms with Crippen LogP contribution in [0.1, 0.15) is 23.7 Å². The number of carbonyl (C=O) groups excluding carboxylic acids is 2. The van der Waals surface area contributed by atoms with Gasteiger partial charge in [0.1, 0.15) is 18.1 Å². The zero-order valence-corrected chi connectivity index (χ0v) is 16.5. The Hall–Kier alpha value is -2.35. The number of carbonyl (C=O) groups is 2. The number of nitrogens with one attached hydrogen (secondary N) is 1. The Labute approximate surface area is 164 Å².